The summed E-state index contributed by atoms with van der Waals surface area (Å²) in [7, 11) is 0. The van der Waals surface area contributed by atoms with Crippen LogP contribution in [0.2, 0.25) is 10.0 Å². The highest BCUT2D eigenvalue weighted by molar-refractivity contribution is 6.43. The molecule has 4 nitrogen and oxygen atoms in total. The summed E-state index contributed by atoms with van der Waals surface area (Å²) >= 11 is 11.9. The summed E-state index contributed by atoms with van der Waals surface area (Å²) in [5.74, 6) is -7.33. The van der Waals surface area contributed by atoms with E-state index in [-0.39, 0.29) is 27.8 Å². The standard InChI is InChI=1S/C26H20Cl2F10N2O2/c1-3-4-14-7-15(9-19(27)21(14)28)17(25(33,34)35)10-20(29)13-5-6-16(18(8-13)26(36,37)38)23(42)40-12(2)22(41)39-11-24(30,31)32/h3-10,12,17H,11H2,1-2H3,(H,39,41)(H,40,42)/b4-3+,20-10-. The van der Waals surface area contributed by atoms with Gasteiger partial charge >= 0.3 is 18.5 Å². The summed E-state index contributed by atoms with van der Waals surface area (Å²) in [5.41, 5.74) is -4.41. The maximum atomic E-state index is 15.1. The summed E-state index contributed by atoms with van der Waals surface area (Å²) in [6.07, 6.45) is -12.4. The van der Waals surface area contributed by atoms with E-state index < -0.39 is 76.9 Å². The third-order valence-electron chi connectivity index (χ3n) is 5.50. The van der Waals surface area contributed by atoms with E-state index in [1.807, 2.05) is 0 Å². The van der Waals surface area contributed by atoms with Crippen LogP contribution in [0.1, 0.15) is 52.4 Å². The van der Waals surface area contributed by atoms with Crippen LogP contribution in [-0.4, -0.2) is 36.8 Å². The van der Waals surface area contributed by atoms with Gasteiger partial charge in [-0.1, -0.05) is 41.4 Å². The van der Waals surface area contributed by atoms with Crippen LogP contribution in [0.4, 0.5) is 43.9 Å². The number of halogens is 12. The molecular weight excluding hydrogens is 633 g/mol. The molecule has 0 radical (unpaired) electrons. The van der Waals surface area contributed by atoms with Crippen LogP contribution >= 0.6 is 23.2 Å². The fraction of sp³-hybridized carbons (Fsp3) is 0.308. The molecule has 0 aliphatic heterocycles. The van der Waals surface area contributed by atoms with E-state index in [1.54, 1.807) is 12.2 Å². The topological polar surface area (TPSA) is 58.2 Å². The lowest BCUT2D eigenvalue weighted by Crippen LogP contribution is -2.47. The molecule has 2 rings (SSSR count). The molecular formula is C26H20Cl2F10N2O2. The van der Waals surface area contributed by atoms with Gasteiger partial charge in [0.2, 0.25) is 5.91 Å². The van der Waals surface area contributed by atoms with E-state index >= 15 is 4.39 Å². The summed E-state index contributed by atoms with van der Waals surface area (Å²) in [4.78, 5) is 24.2. The Kier molecular flexibility index (Phi) is 11.1. The van der Waals surface area contributed by atoms with Crippen LogP contribution < -0.4 is 10.6 Å². The molecule has 230 valence electrons. The molecule has 0 fully saturated rings. The first-order valence-corrected chi connectivity index (χ1v) is 12.3. The van der Waals surface area contributed by atoms with Crippen molar-refractivity contribution in [1.29, 1.82) is 0 Å². The van der Waals surface area contributed by atoms with E-state index in [2.05, 4.69) is 0 Å². The Hall–Kier alpha value is -3.26. The zero-order chi connectivity index (χ0) is 32.2. The molecule has 0 heterocycles. The van der Waals surface area contributed by atoms with Gasteiger partial charge in [-0.25, -0.2) is 4.39 Å². The van der Waals surface area contributed by atoms with E-state index in [4.69, 9.17) is 23.2 Å². The van der Waals surface area contributed by atoms with Gasteiger partial charge in [-0.3, -0.25) is 9.59 Å². The molecule has 2 unspecified atom stereocenters. The smallest absolute Gasteiger partial charge is 0.345 e. The van der Waals surface area contributed by atoms with Crippen molar-refractivity contribution in [3.05, 3.63) is 80.3 Å². The van der Waals surface area contributed by atoms with E-state index in [1.165, 1.54) is 17.5 Å². The van der Waals surface area contributed by atoms with Gasteiger partial charge in [0, 0.05) is 5.56 Å². The fourth-order valence-corrected chi connectivity index (χ4v) is 3.95. The van der Waals surface area contributed by atoms with Crippen LogP contribution in [0.5, 0.6) is 0 Å². The van der Waals surface area contributed by atoms with E-state index in [9.17, 15) is 49.1 Å². The molecule has 2 aromatic rings. The monoisotopic (exact) mass is 652 g/mol. The molecule has 0 bridgehead atoms. The fourth-order valence-electron chi connectivity index (χ4n) is 3.54. The minimum atomic E-state index is -5.33. The quantitative estimate of drug-likeness (QED) is 0.281. The first-order valence-electron chi connectivity index (χ1n) is 11.6. The molecule has 2 atom stereocenters. The molecule has 0 spiro atoms. The average molecular weight is 653 g/mol. The highest BCUT2D eigenvalue weighted by Gasteiger charge is 2.41. The molecule has 2 aromatic carbocycles. The Labute approximate surface area is 242 Å². The normalized spacial score (nSPS) is 14.6. The van der Waals surface area contributed by atoms with Crippen molar-refractivity contribution in [1.82, 2.24) is 10.6 Å². The Morgan fingerprint density at radius 1 is 0.976 bits per heavy atom. The number of hydrogen-bond acceptors (Lipinski definition) is 2. The van der Waals surface area contributed by atoms with E-state index in [0.29, 0.717) is 12.1 Å². The highest BCUT2D eigenvalue weighted by atomic mass is 35.5. The molecule has 0 aliphatic rings. The number of rotatable bonds is 8. The number of carbonyl (C=O) groups excluding carboxylic acids is 2. The first kappa shape index (κ1) is 34.9. The minimum absolute atomic E-state index is 0.0291. The van der Waals surface area contributed by atoms with Crippen LogP contribution in [0, 0.1) is 0 Å². The largest absolute Gasteiger partial charge is 0.417 e. The Bertz CT molecular complexity index is 1380. The second-order valence-electron chi connectivity index (χ2n) is 8.73. The second kappa shape index (κ2) is 13.4. The Morgan fingerprint density at radius 2 is 1.60 bits per heavy atom. The van der Waals surface area contributed by atoms with Gasteiger partial charge in [0.25, 0.3) is 5.91 Å². The SMILES string of the molecule is C/C=C/c1cc(C(/C=C(\F)c2ccc(C(=O)NC(C)C(=O)NCC(F)(F)F)c(C(F)(F)F)c2)C(F)(F)F)cc(Cl)c1Cl. The zero-order valence-corrected chi connectivity index (χ0v) is 22.8. The van der Waals surface area contributed by atoms with Crippen molar-refractivity contribution in [3.8, 4) is 0 Å². The maximum Gasteiger partial charge on any atom is 0.417 e. The number of benzene rings is 2. The molecule has 2 amide bonds. The van der Waals surface area contributed by atoms with Crippen LogP contribution in [0.3, 0.4) is 0 Å². The molecule has 0 saturated carbocycles. The van der Waals surface area contributed by atoms with Gasteiger partial charge < -0.3 is 10.6 Å². The third-order valence-corrected chi connectivity index (χ3v) is 6.32. The van der Waals surface area contributed by atoms with Gasteiger partial charge in [0.05, 0.1) is 21.2 Å². The Balaban J connectivity index is 2.50. The number of amides is 2. The molecule has 0 aromatic heterocycles. The van der Waals surface area contributed by atoms with Crippen LogP contribution in [0.15, 0.2) is 42.5 Å². The summed E-state index contributed by atoms with van der Waals surface area (Å²) in [6, 6.07) is 1.23. The van der Waals surface area contributed by atoms with Crippen LogP contribution in [-0.2, 0) is 11.0 Å². The van der Waals surface area contributed by atoms with Gasteiger partial charge in [0.15, 0.2) is 0 Å². The van der Waals surface area contributed by atoms with Gasteiger partial charge in [0.1, 0.15) is 24.3 Å². The number of hydrogen-bond donors (Lipinski definition) is 2. The predicted octanol–water partition coefficient (Wildman–Crippen LogP) is 8.50. The summed E-state index contributed by atoms with van der Waals surface area (Å²) in [5, 5.41) is 2.85. The highest BCUT2D eigenvalue weighted by Crippen LogP contribution is 2.42. The lowest BCUT2D eigenvalue weighted by atomic mass is 9.94. The van der Waals surface area contributed by atoms with Crippen molar-refractivity contribution in [3.63, 3.8) is 0 Å². The summed E-state index contributed by atoms with van der Waals surface area (Å²) in [6.45, 7) is 0.677. The van der Waals surface area contributed by atoms with Crippen molar-refractivity contribution < 1.29 is 53.5 Å². The predicted molar refractivity (Wildman–Crippen MR) is 136 cm³/mol. The lowest BCUT2D eigenvalue weighted by Gasteiger charge is -2.20. The van der Waals surface area contributed by atoms with Crippen molar-refractivity contribution in [2.75, 3.05) is 6.54 Å². The Morgan fingerprint density at radius 3 is 2.12 bits per heavy atom. The van der Waals surface area contributed by atoms with Gasteiger partial charge in [-0.05, 0) is 55.3 Å². The molecule has 0 aliphatic carbocycles. The van der Waals surface area contributed by atoms with Crippen molar-refractivity contribution in [2.45, 2.75) is 44.3 Å². The number of carbonyl (C=O) groups is 2. The number of alkyl halides is 9. The minimum Gasteiger partial charge on any atom is -0.345 e. The number of nitrogens with one attached hydrogen (secondary N) is 2. The van der Waals surface area contributed by atoms with Gasteiger partial charge in [-0.2, -0.15) is 39.5 Å². The van der Waals surface area contributed by atoms with Crippen molar-refractivity contribution in [2.24, 2.45) is 0 Å². The third kappa shape index (κ3) is 9.38. The molecule has 0 saturated heterocycles. The maximum absolute atomic E-state index is 15.1. The second-order valence-corrected chi connectivity index (χ2v) is 9.51. The first-order chi connectivity index (χ1) is 19.2. The lowest BCUT2D eigenvalue weighted by molar-refractivity contribution is -0.140. The van der Waals surface area contributed by atoms with Crippen LogP contribution in [0.25, 0.3) is 11.9 Å². The average Bonchev–Trinajstić information content (AvgIpc) is 2.86. The molecule has 16 heteroatoms. The molecule has 42 heavy (non-hydrogen) atoms. The van der Waals surface area contributed by atoms with E-state index in [0.717, 1.165) is 19.1 Å². The van der Waals surface area contributed by atoms with Crippen molar-refractivity contribution >= 4 is 46.9 Å². The molecule has 2 N–H and O–H groups in total. The summed E-state index contributed by atoms with van der Waals surface area (Å²) < 4.78 is 135. The number of allylic oxidation sites excluding steroid dienone is 2. The van der Waals surface area contributed by atoms with Gasteiger partial charge in [-0.15, -0.1) is 0 Å². The zero-order valence-electron chi connectivity index (χ0n) is 21.3.